The zero-order chi connectivity index (χ0) is 18.7. The highest BCUT2D eigenvalue weighted by Gasteiger charge is 2.12. The third-order valence-corrected chi connectivity index (χ3v) is 4.37. The zero-order valence-electron chi connectivity index (χ0n) is 14.1. The van der Waals surface area contributed by atoms with Gasteiger partial charge < -0.3 is 14.0 Å². The fourth-order valence-corrected chi connectivity index (χ4v) is 2.99. The molecule has 3 aromatic rings. The highest BCUT2D eigenvalue weighted by Crippen LogP contribution is 2.36. The smallest absolute Gasteiger partial charge is 0.162 e. The minimum absolute atomic E-state index is 0.107. The van der Waals surface area contributed by atoms with Gasteiger partial charge in [-0.3, -0.25) is 9.19 Å². The molecule has 0 radical (unpaired) electrons. The van der Waals surface area contributed by atoms with Crippen LogP contribution in [0.2, 0.25) is 0 Å². The topological polar surface area (TPSA) is 83.5 Å². The summed E-state index contributed by atoms with van der Waals surface area (Å²) < 4.78 is 48.3. The van der Waals surface area contributed by atoms with Crippen LogP contribution in [0.5, 0.6) is 11.5 Å². The third-order valence-electron chi connectivity index (χ3n) is 3.99. The van der Waals surface area contributed by atoms with Crippen molar-refractivity contribution in [3.8, 4) is 22.6 Å². The lowest BCUT2D eigenvalue weighted by Crippen LogP contribution is -2.16. The molecular formula is C18H16FN2O4S-. The van der Waals surface area contributed by atoms with E-state index in [-0.39, 0.29) is 12.1 Å². The van der Waals surface area contributed by atoms with Crippen molar-refractivity contribution in [3.05, 3.63) is 54.0 Å². The van der Waals surface area contributed by atoms with Crippen molar-refractivity contribution in [2.45, 2.75) is 6.54 Å². The van der Waals surface area contributed by atoms with Crippen LogP contribution in [0, 0.1) is 5.82 Å². The summed E-state index contributed by atoms with van der Waals surface area (Å²) in [7, 11) is 3.09. The first-order chi connectivity index (χ1) is 12.5. The Balaban J connectivity index is 2.07. The maximum atomic E-state index is 14.3. The van der Waals surface area contributed by atoms with Crippen LogP contribution in [0.25, 0.3) is 22.0 Å². The number of fused-ring (bicyclic) bond motifs is 1. The van der Waals surface area contributed by atoms with E-state index in [1.54, 1.807) is 50.7 Å². The second-order valence-corrected chi connectivity index (χ2v) is 6.20. The maximum Gasteiger partial charge on any atom is 0.162 e. The summed E-state index contributed by atoms with van der Waals surface area (Å²) in [5.41, 5.74) is 2.37. The standard InChI is InChI=1S/C18H17FN2O4S/c1-24-17-8-14-13(5-6-20-16(14)9-18(17)25-2)11-3-4-12(15(19)7-11)10-21-26(22)23/h3-9,21H,10H2,1-2H3,(H,22,23)/p-1. The molecule has 0 spiro atoms. The second-order valence-electron chi connectivity index (χ2n) is 5.44. The molecule has 0 aliphatic carbocycles. The van der Waals surface area contributed by atoms with Crippen LogP contribution in [-0.2, 0) is 17.8 Å². The molecule has 1 aromatic heterocycles. The lowest BCUT2D eigenvalue weighted by Gasteiger charge is -2.13. The van der Waals surface area contributed by atoms with Crippen molar-refractivity contribution in [1.29, 1.82) is 0 Å². The number of hydrogen-bond acceptors (Lipinski definition) is 5. The Morgan fingerprint density at radius 2 is 1.88 bits per heavy atom. The number of hydrogen-bond donors (Lipinski definition) is 1. The van der Waals surface area contributed by atoms with Crippen LogP contribution < -0.4 is 14.2 Å². The average molecular weight is 375 g/mol. The number of rotatable bonds is 6. The number of benzene rings is 2. The van der Waals surface area contributed by atoms with Crippen molar-refractivity contribution < 1.29 is 22.6 Å². The van der Waals surface area contributed by atoms with Gasteiger partial charge in [-0.05, 0) is 29.3 Å². The SMILES string of the molecule is COc1cc2nccc(-c3ccc(CNS(=O)[O-])c(F)c3)c2cc1OC. The van der Waals surface area contributed by atoms with E-state index in [9.17, 15) is 13.2 Å². The van der Waals surface area contributed by atoms with Crippen LogP contribution in [0.15, 0.2) is 42.6 Å². The van der Waals surface area contributed by atoms with Gasteiger partial charge in [-0.1, -0.05) is 12.1 Å². The second kappa shape index (κ2) is 7.77. The molecule has 3 rings (SSSR count). The van der Waals surface area contributed by atoms with Crippen molar-refractivity contribution in [2.24, 2.45) is 0 Å². The van der Waals surface area contributed by atoms with E-state index in [4.69, 9.17) is 9.47 Å². The van der Waals surface area contributed by atoms with Crippen LogP contribution in [0.4, 0.5) is 4.39 Å². The van der Waals surface area contributed by atoms with Crippen LogP contribution in [0.1, 0.15) is 5.56 Å². The average Bonchev–Trinajstić information content (AvgIpc) is 2.65. The highest BCUT2D eigenvalue weighted by atomic mass is 32.2. The predicted octanol–water partition coefficient (Wildman–Crippen LogP) is 2.94. The van der Waals surface area contributed by atoms with Gasteiger partial charge in [0.25, 0.3) is 0 Å². The fraction of sp³-hybridized carbons (Fsp3) is 0.167. The van der Waals surface area contributed by atoms with Gasteiger partial charge in [0.05, 0.1) is 19.7 Å². The minimum Gasteiger partial charge on any atom is -0.760 e. The quantitative estimate of drug-likeness (QED) is 0.670. The summed E-state index contributed by atoms with van der Waals surface area (Å²) in [6.45, 7) is -0.107. The van der Waals surface area contributed by atoms with Gasteiger partial charge in [0.15, 0.2) is 11.5 Å². The first kappa shape index (κ1) is 18.2. The predicted molar refractivity (Wildman–Crippen MR) is 96.0 cm³/mol. The number of methoxy groups -OCH3 is 2. The Labute approximate surface area is 152 Å². The Morgan fingerprint density at radius 3 is 2.54 bits per heavy atom. The Kier molecular flexibility index (Phi) is 5.46. The van der Waals surface area contributed by atoms with E-state index >= 15 is 0 Å². The molecule has 26 heavy (non-hydrogen) atoms. The Hall–Kier alpha value is -2.55. The molecule has 0 saturated heterocycles. The van der Waals surface area contributed by atoms with E-state index in [1.807, 2.05) is 0 Å². The summed E-state index contributed by atoms with van der Waals surface area (Å²) in [4.78, 5) is 4.33. The lowest BCUT2D eigenvalue weighted by molar-refractivity contribution is 0.356. The van der Waals surface area contributed by atoms with Crippen molar-refractivity contribution in [2.75, 3.05) is 14.2 Å². The van der Waals surface area contributed by atoms with Gasteiger partial charge in [0.2, 0.25) is 0 Å². The summed E-state index contributed by atoms with van der Waals surface area (Å²) in [6, 6.07) is 10.0. The molecule has 0 aliphatic rings. The van der Waals surface area contributed by atoms with Gasteiger partial charge in [0, 0.05) is 41.0 Å². The van der Waals surface area contributed by atoms with Gasteiger partial charge >= 0.3 is 0 Å². The van der Waals surface area contributed by atoms with Crippen LogP contribution >= 0.6 is 0 Å². The minimum atomic E-state index is -2.44. The molecule has 0 bridgehead atoms. The van der Waals surface area contributed by atoms with Crippen LogP contribution in [-0.4, -0.2) is 28.0 Å². The van der Waals surface area contributed by atoms with Gasteiger partial charge in [-0.25, -0.2) is 9.11 Å². The molecule has 6 nitrogen and oxygen atoms in total. The summed E-state index contributed by atoms with van der Waals surface area (Å²) in [6.07, 6.45) is 1.64. The van der Waals surface area contributed by atoms with Crippen molar-refractivity contribution in [1.82, 2.24) is 9.71 Å². The molecule has 1 atom stereocenters. The molecule has 1 unspecified atom stereocenters. The van der Waals surface area contributed by atoms with Gasteiger partial charge in [0.1, 0.15) is 5.82 Å². The molecular weight excluding hydrogens is 359 g/mol. The molecule has 136 valence electrons. The molecule has 2 aromatic carbocycles. The largest absolute Gasteiger partial charge is 0.760 e. The van der Waals surface area contributed by atoms with E-state index in [1.165, 1.54) is 6.07 Å². The van der Waals surface area contributed by atoms with E-state index in [0.29, 0.717) is 22.6 Å². The van der Waals surface area contributed by atoms with E-state index in [0.717, 1.165) is 10.9 Å². The van der Waals surface area contributed by atoms with Gasteiger partial charge in [-0.2, -0.15) is 0 Å². The van der Waals surface area contributed by atoms with E-state index in [2.05, 4.69) is 9.71 Å². The number of halogens is 1. The fourth-order valence-electron chi connectivity index (χ4n) is 2.72. The summed E-state index contributed by atoms with van der Waals surface area (Å²) in [5, 5.41) is 0.788. The normalized spacial score (nSPS) is 12.2. The molecule has 8 heteroatoms. The Morgan fingerprint density at radius 1 is 1.15 bits per heavy atom. The lowest BCUT2D eigenvalue weighted by atomic mass is 9.99. The monoisotopic (exact) mass is 375 g/mol. The third kappa shape index (κ3) is 3.67. The number of ether oxygens (including phenoxy) is 2. The first-order valence-electron chi connectivity index (χ1n) is 7.65. The molecule has 0 fully saturated rings. The summed E-state index contributed by atoms with van der Waals surface area (Å²) in [5.74, 6) is 0.613. The molecule has 0 saturated carbocycles. The molecule has 0 amide bonds. The number of nitrogens with zero attached hydrogens (tertiary/aromatic N) is 1. The maximum absolute atomic E-state index is 14.3. The highest BCUT2D eigenvalue weighted by molar-refractivity contribution is 7.77. The van der Waals surface area contributed by atoms with Gasteiger partial charge in [-0.15, -0.1) is 0 Å². The molecule has 1 N–H and O–H groups in total. The number of pyridine rings is 1. The number of nitrogens with one attached hydrogen (secondary N) is 1. The number of aromatic nitrogens is 1. The zero-order valence-corrected chi connectivity index (χ0v) is 14.9. The van der Waals surface area contributed by atoms with Crippen molar-refractivity contribution >= 4 is 22.2 Å². The Bertz CT molecular complexity index is 981. The first-order valence-corrected chi connectivity index (χ1v) is 8.73. The molecule has 1 heterocycles. The summed E-state index contributed by atoms with van der Waals surface area (Å²) >= 11 is -2.44. The van der Waals surface area contributed by atoms with E-state index < -0.39 is 17.1 Å². The van der Waals surface area contributed by atoms with Crippen molar-refractivity contribution in [3.63, 3.8) is 0 Å². The van der Waals surface area contributed by atoms with Crippen LogP contribution in [0.3, 0.4) is 0 Å². The molecule has 0 aliphatic heterocycles.